The second-order valence-electron chi connectivity index (χ2n) is 3.76. The average Bonchev–Trinajstić information content (AvgIpc) is 2.11. The Hall–Kier alpha value is -1.65. The second kappa shape index (κ2) is 3.84. The molecular formula is C10H13N3O2. The first-order chi connectivity index (χ1) is 7.16. The Balaban J connectivity index is 2.24. The molecule has 0 amide bonds. The summed E-state index contributed by atoms with van der Waals surface area (Å²) in [5.74, 6) is 0.0401. The van der Waals surface area contributed by atoms with Gasteiger partial charge in [-0.1, -0.05) is 0 Å². The Morgan fingerprint density at radius 3 is 2.87 bits per heavy atom. The van der Waals surface area contributed by atoms with Gasteiger partial charge in [-0.05, 0) is 26.2 Å². The second-order valence-corrected chi connectivity index (χ2v) is 3.76. The molecule has 2 rings (SSSR count). The highest BCUT2D eigenvalue weighted by molar-refractivity contribution is 5.92. The van der Waals surface area contributed by atoms with Crippen molar-refractivity contribution in [2.45, 2.75) is 32.2 Å². The third kappa shape index (κ3) is 2.06. The summed E-state index contributed by atoms with van der Waals surface area (Å²) in [7, 11) is 0. The lowest BCUT2D eigenvalue weighted by Gasteiger charge is -2.27. The van der Waals surface area contributed by atoms with Crippen molar-refractivity contribution in [2.24, 2.45) is 0 Å². The van der Waals surface area contributed by atoms with Crippen molar-refractivity contribution >= 4 is 11.8 Å². The SMILES string of the molecule is Cc1ncc(C(=O)O)c(NC2CCC2)n1. The maximum Gasteiger partial charge on any atom is 0.341 e. The van der Waals surface area contributed by atoms with Crippen LogP contribution in [0.4, 0.5) is 5.82 Å². The molecule has 5 nitrogen and oxygen atoms in total. The highest BCUT2D eigenvalue weighted by atomic mass is 16.4. The minimum absolute atomic E-state index is 0.146. The molecular weight excluding hydrogens is 194 g/mol. The van der Waals surface area contributed by atoms with Gasteiger partial charge in [0, 0.05) is 12.2 Å². The molecule has 0 bridgehead atoms. The standard InChI is InChI=1S/C10H13N3O2/c1-6-11-5-8(10(14)15)9(12-6)13-7-3-2-4-7/h5,7H,2-4H2,1H3,(H,14,15)(H,11,12,13). The molecule has 0 aromatic carbocycles. The van der Waals surface area contributed by atoms with Crippen LogP contribution in [0.25, 0.3) is 0 Å². The van der Waals surface area contributed by atoms with Crippen molar-refractivity contribution in [3.8, 4) is 0 Å². The molecule has 0 radical (unpaired) electrons. The zero-order chi connectivity index (χ0) is 10.8. The number of anilines is 1. The highest BCUT2D eigenvalue weighted by Crippen LogP contribution is 2.23. The summed E-state index contributed by atoms with van der Waals surface area (Å²) < 4.78 is 0. The van der Waals surface area contributed by atoms with E-state index in [-0.39, 0.29) is 5.56 Å². The van der Waals surface area contributed by atoms with E-state index in [1.807, 2.05) is 0 Å². The molecule has 0 unspecified atom stereocenters. The van der Waals surface area contributed by atoms with E-state index >= 15 is 0 Å². The van der Waals surface area contributed by atoms with Crippen LogP contribution in [-0.2, 0) is 0 Å². The Kier molecular flexibility index (Phi) is 2.53. The third-order valence-electron chi connectivity index (χ3n) is 2.59. The normalized spacial score (nSPS) is 15.8. The number of carboxylic acids is 1. The van der Waals surface area contributed by atoms with Crippen molar-refractivity contribution in [1.29, 1.82) is 0 Å². The van der Waals surface area contributed by atoms with E-state index in [1.165, 1.54) is 12.6 Å². The number of rotatable bonds is 3. The molecule has 0 saturated heterocycles. The maximum atomic E-state index is 10.9. The minimum atomic E-state index is -0.989. The van der Waals surface area contributed by atoms with E-state index in [0.717, 1.165) is 12.8 Å². The summed E-state index contributed by atoms with van der Waals surface area (Å²) in [5.41, 5.74) is 0.146. The van der Waals surface area contributed by atoms with Crippen LogP contribution in [0.3, 0.4) is 0 Å². The van der Waals surface area contributed by atoms with E-state index in [9.17, 15) is 4.79 Å². The van der Waals surface area contributed by atoms with Gasteiger partial charge in [-0.2, -0.15) is 0 Å². The molecule has 1 aromatic rings. The predicted octanol–water partition coefficient (Wildman–Crippen LogP) is 1.45. The van der Waals surface area contributed by atoms with E-state index in [2.05, 4.69) is 15.3 Å². The van der Waals surface area contributed by atoms with Gasteiger partial charge in [0.15, 0.2) is 0 Å². The molecule has 0 atom stereocenters. The number of aromatic nitrogens is 2. The van der Waals surface area contributed by atoms with Crippen LogP contribution in [-0.4, -0.2) is 27.1 Å². The van der Waals surface area contributed by atoms with Crippen LogP contribution in [0.15, 0.2) is 6.20 Å². The molecule has 1 fully saturated rings. The Labute approximate surface area is 87.6 Å². The van der Waals surface area contributed by atoms with E-state index in [4.69, 9.17) is 5.11 Å². The van der Waals surface area contributed by atoms with Crippen LogP contribution in [0.2, 0.25) is 0 Å². The van der Waals surface area contributed by atoms with Crippen LogP contribution >= 0.6 is 0 Å². The van der Waals surface area contributed by atoms with Crippen LogP contribution < -0.4 is 5.32 Å². The average molecular weight is 207 g/mol. The van der Waals surface area contributed by atoms with Crippen molar-refractivity contribution in [1.82, 2.24) is 9.97 Å². The fraction of sp³-hybridized carbons (Fsp3) is 0.500. The summed E-state index contributed by atoms with van der Waals surface area (Å²) in [4.78, 5) is 18.9. The predicted molar refractivity (Wildman–Crippen MR) is 55.0 cm³/mol. The Morgan fingerprint density at radius 1 is 1.60 bits per heavy atom. The summed E-state index contributed by atoms with van der Waals surface area (Å²) in [6.45, 7) is 1.75. The lowest BCUT2D eigenvalue weighted by atomic mass is 9.93. The van der Waals surface area contributed by atoms with Gasteiger partial charge in [-0.15, -0.1) is 0 Å². The zero-order valence-corrected chi connectivity index (χ0v) is 8.53. The number of aromatic carboxylic acids is 1. The number of nitrogens with one attached hydrogen (secondary N) is 1. The minimum Gasteiger partial charge on any atom is -0.477 e. The maximum absolute atomic E-state index is 10.9. The molecule has 0 aliphatic heterocycles. The number of nitrogens with zero attached hydrogens (tertiary/aromatic N) is 2. The topological polar surface area (TPSA) is 75.1 Å². The van der Waals surface area contributed by atoms with E-state index in [0.29, 0.717) is 17.7 Å². The summed E-state index contributed by atoms with van der Waals surface area (Å²) >= 11 is 0. The van der Waals surface area contributed by atoms with Gasteiger partial charge in [-0.3, -0.25) is 0 Å². The molecule has 80 valence electrons. The quantitative estimate of drug-likeness (QED) is 0.784. The lowest BCUT2D eigenvalue weighted by molar-refractivity contribution is 0.0697. The molecule has 2 N–H and O–H groups in total. The molecule has 1 aliphatic rings. The first kappa shape index (κ1) is 9.89. The van der Waals surface area contributed by atoms with Crippen molar-refractivity contribution in [2.75, 3.05) is 5.32 Å². The first-order valence-corrected chi connectivity index (χ1v) is 5.00. The van der Waals surface area contributed by atoms with Gasteiger partial charge < -0.3 is 10.4 Å². The van der Waals surface area contributed by atoms with Crippen molar-refractivity contribution in [3.63, 3.8) is 0 Å². The Bertz CT molecular complexity index is 388. The number of hydrogen-bond donors (Lipinski definition) is 2. The monoisotopic (exact) mass is 207 g/mol. The van der Waals surface area contributed by atoms with Gasteiger partial charge in [0.25, 0.3) is 0 Å². The Morgan fingerprint density at radius 2 is 2.33 bits per heavy atom. The number of aryl methyl sites for hydroxylation is 1. The van der Waals surface area contributed by atoms with Gasteiger partial charge in [0.1, 0.15) is 17.2 Å². The summed E-state index contributed by atoms with van der Waals surface area (Å²) in [6.07, 6.45) is 4.72. The summed E-state index contributed by atoms with van der Waals surface area (Å²) in [5, 5.41) is 12.1. The lowest BCUT2D eigenvalue weighted by Crippen LogP contribution is -2.28. The number of carboxylic acid groups (broad SMARTS) is 1. The molecule has 1 saturated carbocycles. The first-order valence-electron chi connectivity index (χ1n) is 5.00. The van der Waals surface area contributed by atoms with Gasteiger partial charge in [0.2, 0.25) is 0 Å². The van der Waals surface area contributed by atoms with Gasteiger partial charge in [0.05, 0.1) is 0 Å². The van der Waals surface area contributed by atoms with Crippen LogP contribution in [0, 0.1) is 6.92 Å². The third-order valence-corrected chi connectivity index (χ3v) is 2.59. The van der Waals surface area contributed by atoms with E-state index < -0.39 is 5.97 Å². The number of carbonyl (C=O) groups is 1. The van der Waals surface area contributed by atoms with Gasteiger partial charge >= 0.3 is 5.97 Å². The molecule has 1 aromatic heterocycles. The van der Waals surface area contributed by atoms with Crippen molar-refractivity contribution in [3.05, 3.63) is 17.6 Å². The number of hydrogen-bond acceptors (Lipinski definition) is 4. The summed E-state index contributed by atoms with van der Waals surface area (Å²) in [6, 6.07) is 0.373. The highest BCUT2D eigenvalue weighted by Gasteiger charge is 2.21. The molecule has 0 spiro atoms. The molecule has 5 heteroatoms. The van der Waals surface area contributed by atoms with Crippen LogP contribution in [0.1, 0.15) is 35.4 Å². The van der Waals surface area contributed by atoms with Crippen molar-refractivity contribution < 1.29 is 9.90 Å². The fourth-order valence-corrected chi connectivity index (χ4v) is 1.48. The van der Waals surface area contributed by atoms with Gasteiger partial charge in [-0.25, -0.2) is 14.8 Å². The van der Waals surface area contributed by atoms with E-state index in [1.54, 1.807) is 6.92 Å². The smallest absolute Gasteiger partial charge is 0.341 e. The molecule has 15 heavy (non-hydrogen) atoms. The largest absolute Gasteiger partial charge is 0.477 e. The molecule has 1 heterocycles. The zero-order valence-electron chi connectivity index (χ0n) is 8.53. The van der Waals surface area contributed by atoms with Crippen LogP contribution in [0.5, 0.6) is 0 Å². The fourth-order valence-electron chi connectivity index (χ4n) is 1.48. The molecule has 1 aliphatic carbocycles.